The van der Waals surface area contributed by atoms with E-state index in [1.54, 1.807) is 0 Å². The first-order valence-corrected chi connectivity index (χ1v) is 4.14. The Morgan fingerprint density at radius 2 is 2.15 bits per heavy atom. The summed E-state index contributed by atoms with van der Waals surface area (Å²) in [6, 6.07) is -0.663. The van der Waals surface area contributed by atoms with Gasteiger partial charge in [0.15, 0.2) is 0 Å². The van der Waals surface area contributed by atoms with Crippen molar-refractivity contribution in [2.45, 2.75) is 25.8 Å². The highest BCUT2D eigenvalue weighted by Crippen LogP contribution is 1.96. The molecule has 0 heterocycles. The number of esters is 1. The van der Waals surface area contributed by atoms with Crippen LogP contribution in [0.3, 0.4) is 0 Å². The molecule has 5 nitrogen and oxygen atoms in total. The number of carbonyl (C=O) groups is 2. The van der Waals surface area contributed by atoms with Crippen LogP contribution >= 0.6 is 0 Å². The number of methoxy groups -OCH3 is 1. The van der Waals surface area contributed by atoms with Crippen LogP contribution in [0.1, 0.15) is 19.8 Å². The Bertz CT molecular complexity index is 181. The normalized spacial score (nSPS) is 12.2. The number of nitrogens with one attached hydrogen (secondary N) is 1. The smallest absolute Gasteiger partial charge is 0.320 e. The summed E-state index contributed by atoms with van der Waals surface area (Å²) >= 11 is 0. The van der Waals surface area contributed by atoms with Gasteiger partial charge in [-0.25, -0.2) is 0 Å². The van der Waals surface area contributed by atoms with Gasteiger partial charge in [-0.2, -0.15) is 0 Å². The standard InChI is InChI=1S/C8H15NO4/c1-3-4-6(8(11)12)9-5-7(10)13-2/h6,9H,3-5H2,1-2H3,(H,11,12). The average Bonchev–Trinajstić information content (AvgIpc) is 2.11. The molecule has 0 radical (unpaired) electrons. The highest BCUT2D eigenvalue weighted by Gasteiger charge is 2.16. The third-order valence-electron chi connectivity index (χ3n) is 1.60. The zero-order valence-corrected chi connectivity index (χ0v) is 7.87. The van der Waals surface area contributed by atoms with Crippen molar-refractivity contribution in [1.82, 2.24) is 5.32 Å². The van der Waals surface area contributed by atoms with Gasteiger partial charge in [-0.15, -0.1) is 0 Å². The van der Waals surface area contributed by atoms with Gasteiger partial charge in [0.1, 0.15) is 6.04 Å². The zero-order valence-electron chi connectivity index (χ0n) is 7.87. The Morgan fingerprint density at radius 3 is 2.54 bits per heavy atom. The van der Waals surface area contributed by atoms with Crippen molar-refractivity contribution in [3.63, 3.8) is 0 Å². The molecular formula is C8H15NO4. The Balaban J connectivity index is 3.82. The predicted molar refractivity (Wildman–Crippen MR) is 46.4 cm³/mol. The van der Waals surface area contributed by atoms with Crippen molar-refractivity contribution >= 4 is 11.9 Å². The molecule has 0 aromatic carbocycles. The summed E-state index contributed by atoms with van der Waals surface area (Å²) in [5.74, 6) is -1.40. The fraction of sp³-hybridized carbons (Fsp3) is 0.750. The van der Waals surface area contributed by atoms with E-state index in [9.17, 15) is 9.59 Å². The van der Waals surface area contributed by atoms with Crippen LogP contribution in [-0.2, 0) is 14.3 Å². The van der Waals surface area contributed by atoms with Gasteiger partial charge in [-0.1, -0.05) is 13.3 Å². The molecule has 5 heteroatoms. The topological polar surface area (TPSA) is 75.6 Å². The fourth-order valence-electron chi connectivity index (χ4n) is 0.880. The van der Waals surface area contributed by atoms with Gasteiger partial charge in [0.2, 0.25) is 0 Å². The monoisotopic (exact) mass is 189 g/mol. The Hall–Kier alpha value is -1.10. The molecule has 2 N–H and O–H groups in total. The van der Waals surface area contributed by atoms with Gasteiger partial charge in [0.05, 0.1) is 13.7 Å². The molecule has 0 rings (SSSR count). The molecule has 0 aliphatic carbocycles. The van der Waals surface area contributed by atoms with Crippen molar-refractivity contribution in [2.24, 2.45) is 0 Å². The van der Waals surface area contributed by atoms with Gasteiger partial charge in [0, 0.05) is 0 Å². The Labute approximate surface area is 77.1 Å². The van der Waals surface area contributed by atoms with E-state index in [0.717, 1.165) is 6.42 Å². The van der Waals surface area contributed by atoms with Crippen molar-refractivity contribution in [1.29, 1.82) is 0 Å². The summed E-state index contributed by atoms with van der Waals surface area (Å²) in [6.07, 6.45) is 1.26. The minimum Gasteiger partial charge on any atom is -0.480 e. The molecule has 0 saturated carbocycles. The number of carboxylic acid groups (broad SMARTS) is 1. The Morgan fingerprint density at radius 1 is 1.54 bits per heavy atom. The lowest BCUT2D eigenvalue weighted by molar-refractivity contribution is -0.141. The SMILES string of the molecule is CCCC(NCC(=O)OC)C(=O)O. The molecule has 0 fully saturated rings. The van der Waals surface area contributed by atoms with Crippen molar-refractivity contribution in [3.8, 4) is 0 Å². The zero-order chi connectivity index (χ0) is 10.3. The number of hydrogen-bond acceptors (Lipinski definition) is 4. The molecule has 0 saturated heterocycles. The van der Waals surface area contributed by atoms with Crippen LogP contribution in [0.15, 0.2) is 0 Å². The molecule has 0 aromatic rings. The summed E-state index contributed by atoms with van der Waals surface area (Å²) in [5.41, 5.74) is 0. The van der Waals surface area contributed by atoms with Gasteiger partial charge in [0.25, 0.3) is 0 Å². The molecule has 0 spiro atoms. The third-order valence-corrected chi connectivity index (χ3v) is 1.60. The lowest BCUT2D eigenvalue weighted by atomic mass is 10.2. The molecule has 0 aromatic heterocycles. The van der Waals surface area contributed by atoms with Crippen molar-refractivity contribution < 1.29 is 19.4 Å². The maximum Gasteiger partial charge on any atom is 0.320 e. The van der Waals surface area contributed by atoms with Crippen molar-refractivity contribution in [3.05, 3.63) is 0 Å². The summed E-state index contributed by atoms with van der Waals surface area (Å²) in [6.45, 7) is 1.82. The van der Waals surface area contributed by atoms with E-state index in [0.29, 0.717) is 6.42 Å². The van der Waals surface area contributed by atoms with E-state index >= 15 is 0 Å². The molecule has 0 bridgehead atoms. The van der Waals surface area contributed by atoms with Crippen LogP contribution in [0.25, 0.3) is 0 Å². The van der Waals surface area contributed by atoms with Crippen LogP contribution in [0, 0.1) is 0 Å². The lowest BCUT2D eigenvalue weighted by Crippen LogP contribution is -2.39. The number of aliphatic carboxylic acids is 1. The quantitative estimate of drug-likeness (QED) is 0.575. The first-order valence-electron chi connectivity index (χ1n) is 4.14. The summed E-state index contributed by atoms with van der Waals surface area (Å²) in [5, 5.41) is 11.3. The summed E-state index contributed by atoms with van der Waals surface area (Å²) in [4.78, 5) is 21.2. The first kappa shape index (κ1) is 11.9. The molecule has 0 aliphatic rings. The van der Waals surface area contributed by atoms with Gasteiger partial charge < -0.3 is 9.84 Å². The number of ether oxygens (including phenoxy) is 1. The minimum absolute atomic E-state index is 0.0620. The second-order valence-electron chi connectivity index (χ2n) is 2.64. The molecule has 1 atom stereocenters. The number of rotatable bonds is 6. The van der Waals surface area contributed by atoms with E-state index in [-0.39, 0.29) is 6.54 Å². The molecule has 1 unspecified atom stereocenters. The van der Waals surface area contributed by atoms with Crippen LogP contribution in [-0.4, -0.2) is 36.7 Å². The molecular weight excluding hydrogens is 174 g/mol. The largest absolute Gasteiger partial charge is 0.480 e. The summed E-state index contributed by atoms with van der Waals surface area (Å²) in [7, 11) is 1.26. The van der Waals surface area contributed by atoms with Crippen LogP contribution < -0.4 is 5.32 Å². The second-order valence-corrected chi connectivity index (χ2v) is 2.64. The van der Waals surface area contributed by atoms with Crippen LogP contribution in [0.5, 0.6) is 0 Å². The molecule has 76 valence electrons. The van der Waals surface area contributed by atoms with E-state index < -0.39 is 18.0 Å². The maximum absolute atomic E-state index is 10.7. The van der Waals surface area contributed by atoms with Gasteiger partial charge in [-0.3, -0.25) is 14.9 Å². The third kappa shape index (κ3) is 5.19. The van der Waals surface area contributed by atoms with E-state index in [4.69, 9.17) is 5.11 Å². The second kappa shape index (κ2) is 6.42. The minimum atomic E-state index is -0.939. The summed E-state index contributed by atoms with van der Waals surface area (Å²) < 4.78 is 4.36. The number of carbonyl (C=O) groups excluding carboxylic acids is 1. The highest BCUT2D eigenvalue weighted by molar-refractivity contribution is 5.76. The predicted octanol–water partition coefficient (Wildman–Crippen LogP) is 0.00230. The van der Waals surface area contributed by atoms with E-state index in [1.807, 2.05) is 6.92 Å². The van der Waals surface area contributed by atoms with Gasteiger partial charge in [-0.05, 0) is 6.42 Å². The van der Waals surface area contributed by atoms with Crippen LogP contribution in [0.4, 0.5) is 0 Å². The molecule has 0 amide bonds. The van der Waals surface area contributed by atoms with E-state index in [2.05, 4.69) is 10.1 Å². The van der Waals surface area contributed by atoms with Crippen molar-refractivity contribution in [2.75, 3.05) is 13.7 Å². The fourth-order valence-corrected chi connectivity index (χ4v) is 0.880. The molecule has 0 aliphatic heterocycles. The number of hydrogen-bond donors (Lipinski definition) is 2. The molecule has 13 heavy (non-hydrogen) atoms. The lowest BCUT2D eigenvalue weighted by Gasteiger charge is -2.11. The highest BCUT2D eigenvalue weighted by atomic mass is 16.5. The van der Waals surface area contributed by atoms with Gasteiger partial charge >= 0.3 is 11.9 Å². The maximum atomic E-state index is 10.7. The average molecular weight is 189 g/mol. The first-order chi connectivity index (χ1) is 6.11. The number of carboxylic acids is 1. The Kier molecular flexibility index (Phi) is 5.88. The van der Waals surface area contributed by atoms with Crippen LogP contribution in [0.2, 0.25) is 0 Å². The van der Waals surface area contributed by atoms with E-state index in [1.165, 1.54) is 7.11 Å².